The van der Waals surface area contributed by atoms with Gasteiger partial charge in [-0.1, -0.05) is 12.8 Å². The Hall–Kier alpha value is -1.65. The Morgan fingerprint density at radius 2 is 1.74 bits per heavy atom. The minimum Gasteiger partial charge on any atom is -0.480 e. The number of nitrogens with zero attached hydrogens (tertiary/aromatic N) is 3. The standard InChI is InChI=1S/C16H23N3O4/c17-11-15(3-1-2-4-15)13(20)18-6-8-19(9-7-18)16(14(21)22)5-10-23-12-16/h1-10,12H2,(H,21,22). The first kappa shape index (κ1) is 16.2. The molecule has 1 aliphatic carbocycles. The molecule has 1 saturated carbocycles. The Bertz CT molecular complexity index is 522. The largest absolute Gasteiger partial charge is 0.480 e. The Balaban J connectivity index is 1.66. The highest BCUT2D eigenvalue weighted by atomic mass is 16.5. The zero-order valence-electron chi connectivity index (χ0n) is 13.3. The molecule has 1 N–H and O–H groups in total. The molecule has 0 aromatic rings. The maximum absolute atomic E-state index is 12.7. The maximum atomic E-state index is 12.7. The summed E-state index contributed by atoms with van der Waals surface area (Å²) in [5.74, 6) is -0.914. The molecule has 0 aromatic heterocycles. The van der Waals surface area contributed by atoms with Crippen molar-refractivity contribution in [2.45, 2.75) is 37.6 Å². The number of carbonyl (C=O) groups is 2. The summed E-state index contributed by atoms with van der Waals surface area (Å²) < 4.78 is 5.32. The predicted molar refractivity (Wildman–Crippen MR) is 80.5 cm³/mol. The van der Waals surface area contributed by atoms with E-state index in [9.17, 15) is 20.0 Å². The average molecular weight is 321 g/mol. The number of hydrogen-bond acceptors (Lipinski definition) is 5. The number of carboxylic acid groups (broad SMARTS) is 1. The third-order valence-corrected chi connectivity index (χ3v) is 5.65. The van der Waals surface area contributed by atoms with Crippen molar-refractivity contribution in [3.8, 4) is 6.07 Å². The fourth-order valence-electron chi connectivity index (χ4n) is 4.10. The maximum Gasteiger partial charge on any atom is 0.326 e. The first-order chi connectivity index (χ1) is 11.0. The van der Waals surface area contributed by atoms with Gasteiger partial charge >= 0.3 is 5.97 Å². The molecule has 0 aromatic carbocycles. The van der Waals surface area contributed by atoms with Gasteiger partial charge in [0, 0.05) is 39.2 Å². The van der Waals surface area contributed by atoms with Crippen LogP contribution < -0.4 is 0 Å². The van der Waals surface area contributed by atoms with E-state index in [-0.39, 0.29) is 12.5 Å². The molecule has 1 atom stereocenters. The van der Waals surface area contributed by atoms with Crippen LogP contribution in [-0.4, -0.2) is 71.7 Å². The number of hydrogen-bond donors (Lipinski definition) is 1. The molecule has 0 bridgehead atoms. The highest BCUT2D eigenvalue weighted by molar-refractivity contribution is 5.86. The van der Waals surface area contributed by atoms with Crippen molar-refractivity contribution in [2.75, 3.05) is 39.4 Å². The number of piperazine rings is 1. The van der Waals surface area contributed by atoms with Crippen LogP contribution in [0.3, 0.4) is 0 Å². The summed E-state index contributed by atoms with van der Waals surface area (Å²) in [7, 11) is 0. The molecular formula is C16H23N3O4. The molecule has 2 saturated heterocycles. The van der Waals surface area contributed by atoms with Gasteiger partial charge in [0.25, 0.3) is 0 Å². The summed E-state index contributed by atoms with van der Waals surface area (Å²) in [6, 6.07) is 2.25. The van der Waals surface area contributed by atoms with E-state index in [1.54, 1.807) is 4.90 Å². The molecule has 23 heavy (non-hydrogen) atoms. The fraction of sp³-hybridized carbons (Fsp3) is 0.812. The molecule has 3 aliphatic rings. The molecule has 7 nitrogen and oxygen atoms in total. The predicted octanol–water partition coefficient (Wildman–Crippen LogP) is 0.458. The number of ether oxygens (including phenoxy) is 1. The van der Waals surface area contributed by atoms with Gasteiger partial charge in [-0.25, -0.2) is 0 Å². The van der Waals surface area contributed by atoms with Crippen LogP contribution in [0.1, 0.15) is 32.1 Å². The van der Waals surface area contributed by atoms with Crippen molar-refractivity contribution in [2.24, 2.45) is 5.41 Å². The Morgan fingerprint density at radius 3 is 2.22 bits per heavy atom. The lowest BCUT2D eigenvalue weighted by atomic mass is 9.86. The van der Waals surface area contributed by atoms with E-state index in [2.05, 4.69) is 6.07 Å². The average Bonchev–Trinajstić information content (AvgIpc) is 3.25. The van der Waals surface area contributed by atoms with Gasteiger partial charge in [0.1, 0.15) is 11.0 Å². The first-order valence-electron chi connectivity index (χ1n) is 8.31. The highest BCUT2D eigenvalue weighted by Gasteiger charge is 2.50. The van der Waals surface area contributed by atoms with Crippen LogP contribution in [0.25, 0.3) is 0 Å². The summed E-state index contributed by atoms with van der Waals surface area (Å²) in [5.41, 5.74) is -1.79. The summed E-state index contributed by atoms with van der Waals surface area (Å²) in [4.78, 5) is 28.1. The van der Waals surface area contributed by atoms with Gasteiger partial charge in [-0.2, -0.15) is 5.26 Å². The molecule has 0 spiro atoms. The Labute approximate surface area is 135 Å². The number of rotatable bonds is 3. The van der Waals surface area contributed by atoms with Crippen molar-refractivity contribution >= 4 is 11.9 Å². The molecule has 2 heterocycles. The van der Waals surface area contributed by atoms with Gasteiger partial charge in [0.05, 0.1) is 12.7 Å². The van der Waals surface area contributed by atoms with Gasteiger partial charge in [-0.15, -0.1) is 0 Å². The monoisotopic (exact) mass is 321 g/mol. The SMILES string of the molecule is N#CC1(C(=O)N2CCN(C3(C(=O)O)CCOC3)CC2)CCCC1. The van der Waals surface area contributed by atoms with E-state index in [1.807, 2.05) is 4.90 Å². The highest BCUT2D eigenvalue weighted by Crippen LogP contribution is 2.39. The third kappa shape index (κ3) is 2.60. The molecule has 7 heteroatoms. The van der Waals surface area contributed by atoms with Crippen LogP contribution in [-0.2, 0) is 14.3 Å². The van der Waals surface area contributed by atoms with Crippen LogP contribution in [0.15, 0.2) is 0 Å². The van der Waals surface area contributed by atoms with Gasteiger partial charge < -0.3 is 14.7 Å². The lowest BCUT2D eigenvalue weighted by Gasteiger charge is -2.43. The van der Waals surface area contributed by atoms with Crippen LogP contribution in [0.5, 0.6) is 0 Å². The molecule has 126 valence electrons. The van der Waals surface area contributed by atoms with E-state index in [4.69, 9.17) is 4.74 Å². The molecule has 3 rings (SSSR count). The first-order valence-corrected chi connectivity index (χ1v) is 8.31. The summed E-state index contributed by atoms with van der Waals surface area (Å²) in [6.45, 7) is 2.67. The number of carboxylic acids is 1. The zero-order chi connectivity index (χ0) is 16.5. The van der Waals surface area contributed by atoms with Crippen molar-refractivity contribution in [3.63, 3.8) is 0 Å². The summed E-state index contributed by atoms with van der Waals surface area (Å²) in [6.07, 6.45) is 3.64. The minimum absolute atomic E-state index is 0.0656. The number of nitriles is 1. The number of aliphatic carboxylic acids is 1. The van der Waals surface area contributed by atoms with Crippen molar-refractivity contribution < 1.29 is 19.4 Å². The lowest BCUT2D eigenvalue weighted by Crippen LogP contribution is -2.62. The summed E-state index contributed by atoms with van der Waals surface area (Å²) >= 11 is 0. The molecule has 0 radical (unpaired) electrons. The second-order valence-corrected chi connectivity index (χ2v) is 6.82. The number of amides is 1. The van der Waals surface area contributed by atoms with Crippen LogP contribution >= 0.6 is 0 Å². The van der Waals surface area contributed by atoms with E-state index in [0.717, 1.165) is 12.8 Å². The van der Waals surface area contributed by atoms with Crippen LogP contribution in [0, 0.1) is 16.7 Å². The molecule has 1 amide bonds. The minimum atomic E-state index is -0.949. The Kier molecular flexibility index (Phi) is 4.30. The quantitative estimate of drug-likeness (QED) is 0.811. The van der Waals surface area contributed by atoms with Crippen LogP contribution in [0.4, 0.5) is 0 Å². The van der Waals surface area contributed by atoms with Gasteiger partial charge in [0.15, 0.2) is 0 Å². The molecule has 3 fully saturated rings. The van der Waals surface area contributed by atoms with E-state index in [1.165, 1.54) is 0 Å². The van der Waals surface area contributed by atoms with Gasteiger partial charge in [0.2, 0.25) is 5.91 Å². The van der Waals surface area contributed by atoms with Crippen molar-refractivity contribution in [1.82, 2.24) is 9.80 Å². The van der Waals surface area contributed by atoms with E-state index < -0.39 is 16.9 Å². The number of carbonyl (C=O) groups excluding carboxylic acids is 1. The van der Waals surface area contributed by atoms with Gasteiger partial charge in [-0.05, 0) is 12.8 Å². The zero-order valence-corrected chi connectivity index (χ0v) is 13.3. The van der Waals surface area contributed by atoms with Crippen LogP contribution in [0.2, 0.25) is 0 Å². The third-order valence-electron chi connectivity index (χ3n) is 5.65. The van der Waals surface area contributed by atoms with Crippen molar-refractivity contribution in [3.05, 3.63) is 0 Å². The lowest BCUT2D eigenvalue weighted by molar-refractivity contribution is -0.154. The fourth-order valence-corrected chi connectivity index (χ4v) is 4.10. The van der Waals surface area contributed by atoms with E-state index in [0.29, 0.717) is 52.0 Å². The second kappa shape index (κ2) is 6.10. The van der Waals surface area contributed by atoms with Gasteiger partial charge in [-0.3, -0.25) is 14.5 Å². The smallest absolute Gasteiger partial charge is 0.326 e. The normalized spacial score (nSPS) is 31.0. The molecule has 1 unspecified atom stereocenters. The topological polar surface area (TPSA) is 93.9 Å². The van der Waals surface area contributed by atoms with E-state index >= 15 is 0 Å². The molecular weight excluding hydrogens is 298 g/mol. The second-order valence-electron chi connectivity index (χ2n) is 6.82. The molecule has 2 aliphatic heterocycles. The summed E-state index contributed by atoms with van der Waals surface area (Å²) in [5, 5.41) is 19.1. The van der Waals surface area contributed by atoms with Crippen molar-refractivity contribution in [1.29, 1.82) is 5.26 Å². The Morgan fingerprint density at radius 1 is 1.09 bits per heavy atom.